The molecule has 2 rings (SSSR count). The number of nitrogens with one attached hydrogen (secondary N) is 2. The molecule has 0 fully saturated rings. The van der Waals surface area contributed by atoms with Crippen LogP contribution in [0.2, 0.25) is 0 Å². The van der Waals surface area contributed by atoms with Crippen molar-refractivity contribution in [3.63, 3.8) is 0 Å². The van der Waals surface area contributed by atoms with Gasteiger partial charge in [0.05, 0.1) is 18.1 Å². The molecule has 0 aliphatic heterocycles. The number of rotatable bonds is 17. The number of hydrogen-bond acceptors (Lipinski definition) is 6. The number of H-pyrrole nitrogens is 1. The first-order valence-corrected chi connectivity index (χ1v) is 18.0. The molecule has 0 spiro atoms. The molecule has 0 radical (unpaired) electrons. The lowest BCUT2D eigenvalue weighted by Gasteiger charge is -2.32. The highest BCUT2D eigenvalue weighted by atomic mass is 16.5. The van der Waals surface area contributed by atoms with Crippen molar-refractivity contribution in [2.75, 3.05) is 26.2 Å². The Kier molecular flexibility index (Phi) is 14.8. The highest BCUT2D eigenvalue weighted by molar-refractivity contribution is 5.92. The molecule has 1 heterocycles. The van der Waals surface area contributed by atoms with Gasteiger partial charge in [0.1, 0.15) is 0 Å². The van der Waals surface area contributed by atoms with Crippen LogP contribution >= 0.6 is 0 Å². The molecule has 2 aromatic rings. The molecule has 0 saturated heterocycles. The Balaban J connectivity index is 2.53. The van der Waals surface area contributed by atoms with Gasteiger partial charge in [0.2, 0.25) is 5.91 Å². The summed E-state index contributed by atoms with van der Waals surface area (Å²) in [5, 5.41) is 4.16. The molecule has 0 aliphatic carbocycles. The van der Waals surface area contributed by atoms with Crippen molar-refractivity contribution >= 4 is 34.7 Å². The number of carbonyl (C=O) groups is 2. The number of ether oxygens (including phenoxy) is 1. The van der Waals surface area contributed by atoms with Crippen LogP contribution in [0.5, 0.6) is 0 Å². The van der Waals surface area contributed by atoms with E-state index in [1.807, 2.05) is 6.92 Å². The van der Waals surface area contributed by atoms with Crippen LogP contribution in [0.25, 0.3) is 10.9 Å². The van der Waals surface area contributed by atoms with Gasteiger partial charge in [0.15, 0.2) is 11.9 Å². The van der Waals surface area contributed by atoms with Crippen LogP contribution < -0.4 is 34.0 Å². The predicted molar refractivity (Wildman–Crippen MR) is 207 cm³/mol. The van der Waals surface area contributed by atoms with E-state index in [1.54, 1.807) is 0 Å². The minimum Gasteiger partial charge on any atom is -0.465 e. The molecule has 1 atom stereocenters. The van der Waals surface area contributed by atoms with Crippen LogP contribution in [-0.4, -0.2) is 61.1 Å². The molecular formula is C38H67N9O3. The topological polar surface area (TPSA) is 226 Å². The quantitative estimate of drug-likeness (QED) is 0.0538. The summed E-state index contributed by atoms with van der Waals surface area (Å²) in [6.07, 6.45) is 3.69. The molecule has 0 saturated carbocycles. The normalized spacial score (nSPS) is 13.2. The van der Waals surface area contributed by atoms with Crippen LogP contribution in [-0.2, 0) is 37.0 Å². The maximum Gasteiger partial charge on any atom is 0.313 e. The van der Waals surface area contributed by atoms with E-state index in [4.69, 9.17) is 33.4 Å². The number of aliphatic imine (C=N–C) groups is 2. The molecule has 1 amide bonds. The fourth-order valence-corrected chi connectivity index (χ4v) is 6.26. The number of benzene rings is 1. The minimum absolute atomic E-state index is 0.0238. The van der Waals surface area contributed by atoms with Crippen molar-refractivity contribution in [2.45, 2.75) is 136 Å². The van der Waals surface area contributed by atoms with Crippen molar-refractivity contribution in [3.05, 3.63) is 34.5 Å². The molecule has 282 valence electrons. The first-order chi connectivity index (χ1) is 23.0. The van der Waals surface area contributed by atoms with Crippen molar-refractivity contribution < 1.29 is 14.3 Å². The van der Waals surface area contributed by atoms with Gasteiger partial charge < -0.3 is 43.7 Å². The number of aromatic nitrogens is 1. The van der Waals surface area contributed by atoms with Crippen LogP contribution in [0.4, 0.5) is 0 Å². The maximum absolute atomic E-state index is 13.9. The van der Waals surface area contributed by atoms with Gasteiger partial charge in [0, 0.05) is 41.6 Å². The standard InChI is InChI=1S/C38H67N9O3/c1-11-12-19-50-32(49)38(15-13-17-44-33(40)41,16-14-18-45-34(42)43)23-46-31(48)27(39)22-25-29-26(36(5,6)7)20-24(35(2,3)4)21-28(29)47-30(25)37(8,9)10/h20-21,27,47H,11-19,22-23,39H2,1-10H3,(H,46,48)(H4,40,41,44)(H4,42,43,45)/t27-/m0/s1. The van der Waals surface area contributed by atoms with Gasteiger partial charge in [-0.25, -0.2) is 0 Å². The lowest BCUT2D eigenvalue weighted by Crippen LogP contribution is -2.49. The van der Waals surface area contributed by atoms with Crippen LogP contribution in [0.3, 0.4) is 0 Å². The van der Waals surface area contributed by atoms with Gasteiger partial charge in [0.25, 0.3) is 0 Å². The van der Waals surface area contributed by atoms with Crippen LogP contribution in [0.15, 0.2) is 22.1 Å². The summed E-state index contributed by atoms with van der Waals surface area (Å²) in [4.78, 5) is 39.6. The van der Waals surface area contributed by atoms with E-state index in [2.05, 4.69) is 94.7 Å². The smallest absolute Gasteiger partial charge is 0.313 e. The van der Waals surface area contributed by atoms with Crippen molar-refractivity contribution in [1.82, 2.24) is 10.3 Å². The SMILES string of the molecule is CCCCOC(=O)C(CCCN=C(N)N)(CCCN=C(N)N)CNC(=O)[C@@H](N)Cc1c(C(C)(C)C)[nH]c2cc(C(C)(C)C)cc(C(C)(C)C)c12. The van der Waals surface area contributed by atoms with E-state index < -0.39 is 11.5 Å². The Hall–Kier alpha value is -3.80. The summed E-state index contributed by atoms with van der Waals surface area (Å²) < 4.78 is 5.77. The molecule has 12 nitrogen and oxygen atoms in total. The molecule has 50 heavy (non-hydrogen) atoms. The lowest BCUT2D eigenvalue weighted by molar-refractivity contribution is -0.157. The largest absolute Gasteiger partial charge is 0.465 e. The second-order valence-electron chi connectivity index (χ2n) is 16.8. The third kappa shape index (κ3) is 11.9. The van der Waals surface area contributed by atoms with Crippen molar-refractivity contribution in [2.24, 2.45) is 44.1 Å². The van der Waals surface area contributed by atoms with E-state index in [1.165, 1.54) is 11.1 Å². The second kappa shape index (κ2) is 17.4. The number of unbranched alkanes of at least 4 members (excludes halogenated alkanes) is 1. The Bertz CT molecular complexity index is 1470. The second-order valence-corrected chi connectivity index (χ2v) is 16.8. The van der Waals surface area contributed by atoms with Gasteiger partial charge in [-0.15, -0.1) is 0 Å². The number of nitrogens with zero attached hydrogens (tertiary/aromatic N) is 2. The molecule has 12 heteroatoms. The average Bonchev–Trinajstić information content (AvgIpc) is 3.36. The van der Waals surface area contributed by atoms with E-state index in [9.17, 15) is 9.59 Å². The Morgan fingerprint density at radius 3 is 1.86 bits per heavy atom. The molecule has 0 aliphatic rings. The number of aromatic amines is 1. The van der Waals surface area contributed by atoms with Gasteiger partial charge in [-0.3, -0.25) is 19.6 Å². The van der Waals surface area contributed by atoms with Gasteiger partial charge in [-0.2, -0.15) is 0 Å². The van der Waals surface area contributed by atoms with Crippen LogP contribution in [0.1, 0.15) is 130 Å². The number of nitrogens with two attached hydrogens (primary N) is 5. The minimum atomic E-state index is -1.05. The fourth-order valence-electron chi connectivity index (χ4n) is 6.26. The number of carbonyl (C=O) groups excluding carboxylic acids is 2. The summed E-state index contributed by atoms with van der Waals surface area (Å²) in [6, 6.07) is 3.67. The number of amides is 1. The van der Waals surface area contributed by atoms with Gasteiger partial charge in [-0.1, -0.05) is 81.7 Å². The summed E-state index contributed by atoms with van der Waals surface area (Å²) in [5.74, 6) is -0.777. The van der Waals surface area contributed by atoms with E-state index in [-0.39, 0.29) is 53.2 Å². The molecular weight excluding hydrogens is 630 g/mol. The molecule has 1 aromatic heterocycles. The molecule has 0 unspecified atom stereocenters. The van der Waals surface area contributed by atoms with E-state index in [0.29, 0.717) is 45.2 Å². The Morgan fingerprint density at radius 2 is 1.40 bits per heavy atom. The number of hydrogen-bond donors (Lipinski definition) is 7. The third-order valence-corrected chi connectivity index (χ3v) is 9.17. The van der Waals surface area contributed by atoms with Gasteiger partial charge in [-0.05, 0) is 72.1 Å². The summed E-state index contributed by atoms with van der Waals surface area (Å²) in [5.41, 5.74) is 33.1. The third-order valence-electron chi connectivity index (χ3n) is 9.17. The highest BCUT2D eigenvalue weighted by Crippen LogP contribution is 2.41. The van der Waals surface area contributed by atoms with Crippen molar-refractivity contribution in [3.8, 4) is 0 Å². The number of fused-ring (bicyclic) bond motifs is 1. The Morgan fingerprint density at radius 1 is 0.840 bits per heavy atom. The number of esters is 1. The average molecular weight is 698 g/mol. The van der Waals surface area contributed by atoms with E-state index in [0.717, 1.165) is 35.0 Å². The Labute approximate surface area is 300 Å². The monoisotopic (exact) mass is 698 g/mol. The molecule has 12 N–H and O–H groups in total. The van der Waals surface area contributed by atoms with Gasteiger partial charge >= 0.3 is 5.97 Å². The summed E-state index contributed by atoms with van der Waals surface area (Å²) in [6.45, 7) is 22.8. The summed E-state index contributed by atoms with van der Waals surface area (Å²) in [7, 11) is 0. The zero-order chi connectivity index (χ0) is 38.1. The predicted octanol–water partition coefficient (Wildman–Crippen LogP) is 4.48. The lowest BCUT2D eigenvalue weighted by atomic mass is 9.77. The zero-order valence-corrected chi connectivity index (χ0v) is 32.5. The van der Waals surface area contributed by atoms with Crippen molar-refractivity contribution in [1.29, 1.82) is 0 Å². The summed E-state index contributed by atoms with van der Waals surface area (Å²) >= 11 is 0. The zero-order valence-electron chi connectivity index (χ0n) is 32.5. The first kappa shape index (κ1) is 42.4. The first-order valence-electron chi connectivity index (χ1n) is 18.0. The highest BCUT2D eigenvalue weighted by Gasteiger charge is 2.40. The molecule has 0 bridgehead atoms. The van der Waals surface area contributed by atoms with Crippen LogP contribution in [0, 0.1) is 5.41 Å². The number of guanidine groups is 2. The maximum atomic E-state index is 13.9. The fraction of sp³-hybridized carbons (Fsp3) is 0.684. The van der Waals surface area contributed by atoms with E-state index >= 15 is 0 Å². The molecule has 1 aromatic carbocycles.